The number of aromatic hydroxyl groups is 2. The van der Waals surface area contributed by atoms with Crippen LogP contribution in [-0.4, -0.2) is 45.2 Å². The summed E-state index contributed by atoms with van der Waals surface area (Å²) in [5.41, 5.74) is 7.58. The van der Waals surface area contributed by atoms with Gasteiger partial charge in [-0.2, -0.15) is 0 Å². The van der Waals surface area contributed by atoms with Gasteiger partial charge in [0.05, 0.1) is 5.56 Å². The fraction of sp³-hybridized carbons (Fsp3) is 0.386. The molecule has 1 atom stereocenters. The Hall–Kier alpha value is -4.62. The number of fused-ring (bicyclic) bond motifs is 1. The lowest BCUT2D eigenvalue weighted by Crippen LogP contribution is -2.32. The van der Waals surface area contributed by atoms with Crippen LogP contribution in [0.25, 0.3) is 22.0 Å². The first kappa shape index (κ1) is 39.2. The van der Waals surface area contributed by atoms with Gasteiger partial charge < -0.3 is 25.0 Å². The number of aromatic nitrogens is 1. The Labute approximate surface area is 304 Å². The van der Waals surface area contributed by atoms with E-state index in [4.69, 9.17) is 0 Å². The Morgan fingerprint density at radius 1 is 0.863 bits per heavy atom. The number of benzene rings is 4. The molecule has 6 nitrogen and oxygen atoms in total. The number of phenols is 2. The molecule has 0 aliphatic rings. The summed E-state index contributed by atoms with van der Waals surface area (Å²) in [4.78, 5) is 15.7. The van der Waals surface area contributed by atoms with Crippen molar-refractivity contribution in [1.82, 2.24) is 9.47 Å². The maximum absolute atomic E-state index is 13.3. The first-order chi connectivity index (χ1) is 24.4. The normalized spacial score (nSPS) is 11.9. The van der Waals surface area contributed by atoms with E-state index in [1.807, 2.05) is 26.0 Å². The predicted octanol–water partition coefficient (Wildman–Crippen LogP) is 10.7. The molecule has 4 aromatic carbocycles. The number of hydrogen-bond donors (Lipinski definition) is 3. The van der Waals surface area contributed by atoms with Crippen LogP contribution in [0.5, 0.6) is 11.5 Å². The molecule has 5 rings (SSSR count). The minimum atomic E-state index is -0.415. The lowest BCUT2D eigenvalue weighted by atomic mass is 10.0. The highest BCUT2D eigenvalue weighted by Gasteiger charge is 2.18. The van der Waals surface area contributed by atoms with Crippen LogP contribution in [0.4, 0.5) is 10.1 Å². The van der Waals surface area contributed by atoms with Crippen LogP contribution in [0.15, 0.2) is 78.9 Å². The minimum absolute atomic E-state index is 0.170. The predicted molar refractivity (Wildman–Crippen MR) is 210 cm³/mol. The fourth-order valence-electron chi connectivity index (χ4n) is 6.71. The first-order valence-corrected chi connectivity index (χ1v) is 18.5. The summed E-state index contributed by atoms with van der Waals surface area (Å²) in [6.07, 6.45) is 3.16. The quantitative estimate of drug-likeness (QED) is 0.108. The number of anilines is 1. The van der Waals surface area contributed by atoms with Crippen LogP contribution in [0, 0.1) is 31.5 Å². The van der Waals surface area contributed by atoms with Crippen LogP contribution < -0.4 is 5.32 Å². The molecule has 7 heteroatoms. The van der Waals surface area contributed by atoms with Crippen molar-refractivity contribution >= 4 is 22.5 Å². The number of aryl methyl sites for hydroxylation is 1. The lowest BCUT2D eigenvalue weighted by molar-refractivity contribution is 0.102. The number of amides is 1. The zero-order valence-corrected chi connectivity index (χ0v) is 31.7. The number of halogens is 1. The van der Waals surface area contributed by atoms with Gasteiger partial charge in [0.2, 0.25) is 0 Å². The average Bonchev–Trinajstić information content (AvgIpc) is 3.33. The SMILES string of the molecule is CC.CCCN(CCC(C)C)CC(C)Cn1c(C)c(C)c2cc(Cc3ccc(C(=O)Nc4cc(O)c(-c5ccc(F)cc5)c(O)c4)cc3)ccc21. The highest BCUT2D eigenvalue weighted by Crippen LogP contribution is 2.40. The van der Waals surface area contributed by atoms with E-state index in [0.29, 0.717) is 17.0 Å². The van der Waals surface area contributed by atoms with Gasteiger partial charge in [0.25, 0.3) is 5.91 Å². The van der Waals surface area contributed by atoms with Gasteiger partial charge in [0.1, 0.15) is 17.3 Å². The molecule has 0 aliphatic carbocycles. The van der Waals surface area contributed by atoms with E-state index in [1.54, 1.807) is 12.1 Å². The third-order valence-corrected chi connectivity index (χ3v) is 9.44. The van der Waals surface area contributed by atoms with Crippen LogP contribution in [0.3, 0.4) is 0 Å². The van der Waals surface area contributed by atoms with E-state index in [1.165, 1.54) is 77.0 Å². The van der Waals surface area contributed by atoms with E-state index in [-0.39, 0.29) is 28.7 Å². The van der Waals surface area contributed by atoms with E-state index in [0.717, 1.165) is 44.1 Å². The van der Waals surface area contributed by atoms with Gasteiger partial charge >= 0.3 is 0 Å². The molecule has 0 fully saturated rings. The van der Waals surface area contributed by atoms with Crippen molar-refractivity contribution in [1.29, 1.82) is 0 Å². The Kier molecular flexibility index (Phi) is 13.9. The van der Waals surface area contributed by atoms with Crippen molar-refractivity contribution in [3.05, 3.63) is 113 Å². The van der Waals surface area contributed by atoms with E-state index in [2.05, 4.69) is 74.5 Å². The number of carbonyl (C=O) groups excluding carboxylic acids is 1. The van der Waals surface area contributed by atoms with Crippen LogP contribution in [0.1, 0.15) is 87.1 Å². The van der Waals surface area contributed by atoms with Crippen molar-refractivity contribution < 1.29 is 19.4 Å². The number of hydrogen-bond acceptors (Lipinski definition) is 4. The van der Waals surface area contributed by atoms with Gasteiger partial charge in [-0.25, -0.2) is 4.39 Å². The monoisotopic (exact) mass is 693 g/mol. The standard InChI is InChI=1S/C42H50FN3O3.C2H6/c1-7-19-45(20-18-27(2)3)25-28(4)26-46-30(6)29(5)37-22-32(10-17-38(37)46)21-31-8-11-34(12-9-31)42(49)44-36-23-39(47)41(40(48)24-36)33-13-15-35(43)16-14-33;1-2/h8-17,22-24,27-28,47-48H,7,18-21,25-26H2,1-6H3,(H,44,49);1-2H3. The second kappa shape index (κ2) is 18.0. The van der Waals surface area contributed by atoms with Gasteiger partial charge in [0.15, 0.2) is 0 Å². The molecule has 0 saturated heterocycles. The lowest BCUT2D eigenvalue weighted by Gasteiger charge is -2.27. The summed E-state index contributed by atoms with van der Waals surface area (Å²) in [5, 5.41) is 25.2. The molecule has 0 spiro atoms. The summed E-state index contributed by atoms with van der Waals surface area (Å²) in [5.74, 6) is 0.0417. The molecule has 0 saturated carbocycles. The maximum atomic E-state index is 13.3. The van der Waals surface area contributed by atoms with Gasteiger partial charge in [-0.3, -0.25) is 4.79 Å². The largest absolute Gasteiger partial charge is 0.507 e. The second-order valence-corrected chi connectivity index (χ2v) is 14.0. The van der Waals surface area contributed by atoms with Gasteiger partial charge in [-0.1, -0.05) is 71.9 Å². The summed E-state index contributed by atoms with van der Waals surface area (Å²) < 4.78 is 15.8. The van der Waals surface area contributed by atoms with Gasteiger partial charge in [0, 0.05) is 53.1 Å². The van der Waals surface area contributed by atoms with Crippen molar-refractivity contribution in [2.45, 2.75) is 81.2 Å². The maximum Gasteiger partial charge on any atom is 0.255 e. The van der Waals surface area contributed by atoms with Gasteiger partial charge in [-0.15, -0.1) is 0 Å². The van der Waals surface area contributed by atoms with E-state index in [9.17, 15) is 19.4 Å². The van der Waals surface area contributed by atoms with Crippen LogP contribution >= 0.6 is 0 Å². The molecule has 0 bridgehead atoms. The molecule has 272 valence electrons. The fourth-order valence-corrected chi connectivity index (χ4v) is 6.71. The van der Waals surface area contributed by atoms with Crippen LogP contribution in [0.2, 0.25) is 0 Å². The van der Waals surface area contributed by atoms with Crippen molar-refractivity contribution in [2.75, 3.05) is 25.0 Å². The number of nitrogens with zero attached hydrogens (tertiary/aromatic N) is 2. The third kappa shape index (κ3) is 10.0. The molecule has 1 heterocycles. The first-order valence-electron chi connectivity index (χ1n) is 18.5. The number of carbonyl (C=O) groups is 1. The highest BCUT2D eigenvalue weighted by atomic mass is 19.1. The summed E-state index contributed by atoms with van der Waals surface area (Å²) in [6, 6.07) is 22.4. The zero-order valence-electron chi connectivity index (χ0n) is 31.7. The summed E-state index contributed by atoms with van der Waals surface area (Å²) >= 11 is 0. The molecule has 1 unspecified atom stereocenters. The molecule has 5 aromatic rings. The Morgan fingerprint density at radius 2 is 1.49 bits per heavy atom. The topological polar surface area (TPSA) is 77.7 Å². The van der Waals surface area contributed by atoms with Crippen LogP contribution in [-0.2, 0) is 13.0 Å². The number of phenolic OH excluding ortho intramolecular Hbond substituents is 2. The van der Waals surface area contributed by atoms with Crippen molar-refractivity contribution in [3.8, 4) is 22.6 Å². The van der Waals surface area contributed by atoms with E-state index >= 15 is 0 Å². The smallest absolute Gasteiger partial charge is 0.255 e. The second-order valence-electron chi connectivity index (χ2n) is 14.0. The molecule has 1 amide bonds. The summed E-state index contributed by atoms with van der Waals surface area (Å²) in [7, 11) is 0. The zero-order chi connectivity index (χ0) is 37.2. The third-order valence-electron chi connectivity index (χ3n) is 9.44. The average molecular weight is 694 g/mol. The molecule has 0 radical (unpaired) electrons. The molecule has 0 aliphatic heterocycles. The minimum Gasteiger partial charge on any atom is -0.507 e. The Bertz CT molecular complexity index is 1870. The molecule has 51 heavy (non-hydrogen) atoms. The van der Waals surface area contributed by atoms with Gasteiger partial charge in [-0.05, 0) is 117 Å². The Morgan fingerprint density at radius 3 is 2.10 bits per heavy atom. The number of nitrogens with one attached hydrogen (secondary N) is 1. The Balaban J connectivity index is 0.00000286. The highest BCUT2D eigenvalue weighted by molar-refractivity contribution is 6.04. The summed E-state index contributed by atoms with van der Waals surface area (Å²) in [6.45, 7) is 22.1. The molecular formula is C44H56FN3O3. The molecule has 3 N–H and O–H groups in total. The molecular weight excluding hydrogens is 638 g/mol. The number of rotatable bonds is 14. The van der Waals surface area contributed by atoms with Crippen molar-refractivity contribution in [2.24, 2.45) is 11.8 Å². The molecule has 1 aromatic heterocycles. The van der Waals surface area contributed by atoms with Crippen molar-refractivity contribution in [3.63, 3.8) is 0 Å². The van der Waals surface area contributed by atoms with E-state index < -0.39 is 5.82 Å².